The van der Waals surface area contributed by atoms with Crippen LogP contribution in [0.15, 0.2) is 103 Å². The normalized spacial score (nSPS) is 19.1. The van der Waals surface area contributed by atoms with Gasteiger partial charge >= 0.3 is 0 Å². The average molecular weight is 459 g/mol. The van der Waals surface area contributed by atoms with Gasteiger partial charge in [0.15, 0.2) is 0 Å². The second-order valence-electron chi connectivity index (χ2n) is 7.71. The van der Waals surface area contributed by atoms with Crippen LogP contribution in [0.1, 0.15) is 27.7 Å². The highest BCUT2D eigenvalue weighted by Crippen LogP contribution is 2.53. The van der Waals surface area contributed by atoms with Gasteiger partial charge in [-0.1, -0.05) is 91.0 Å². The van der Waals surface area contributed by atoms with Crippen LogP contribution in [0.5, 0.6) is 0 Å². The zero-order valence-corrected chi connectivity index (χ0v) is 18.8. The van der Waals surface area contributed by atoms with Crippen molar-refractivity contribution in [1.29, 1.82) is 0 Å². The second kappa shape index (κ2) is 8.90. The molecule has 3 atom stereocenters. The zero-order valence-electron chi connectivity index (χ0n) is 17.2. The first-order valence-corrected chi connectivity index (χ1v) is 12.1. The molecular formula is C26H22N2O2S2. The molecule has 3 unspecified atom stereocenters. The molecule has 0 saturated carbocycles. The Morgan fingerprint density at radius 3 is 1.75 bits per heavy atom. The number of aromatic nitrogens is 1. The van der Waals surface area contributed by atoms with Gasteiger partial charge in [0.2, 0.25) is 5.91 Å². The van der Waals surface area contributed by atoms with Crippen molar-refractivity contribution in [2.75, 3.05) is 0 Å². The predicted molar refractivity (Wildman–Crippen MR) is 129 cm³/mol. The summed E-state index contributed by atoms with van der Waals surface area (Å²) in [5, 5.41) is 13.8. The van der Waals surface area contributed by atoms with E-state index in [1.165, 1.54) is 11.5 Å². The van der Waals surface area contributed by atoms with Crippen molar-refractivity contribution in [3.05, 3.63) is 125 Å². The largest absolute Gasteiger partial charge is 0.387 e. The number of thioether (sulfide) groups is 1. The van der Waals surface area contributed by atoms with E-state index in [9.17, 15) is 9.90 Å². The van der Waals surface area contributed by atoms with Crippen molar-refractivity contribution in [2.24, 2.45) is 5.92 Å². The number of nitrogens with one attached hydrogen (secondary N) is 1. The van der Waals surface area contributed by atoms with E-state index in [4.69, 9.17) is 0 Å². The maximum absolute atomic E-state index is 12.6. The van der Waals surface area contributed by atoms with E-state index in [2.05, 4.69) is 46.1 Å². The van der Waals surface area contributed by atoms with Gasteiger partial charge in [0.25, 0.3) is 0 Å². The van der Waals surface area contributed by atoms with Crippen LogP contribution >= 0.6 is 23.3 Å². The first kappa shape index (κ1) is 20.9. The fraction of sp³-hybridized carbons (Fsp3) is 0.154. The quantitative estimate of drug-likeness (QED) is 0.303. The molecule has 1 aliphatic heterocycles. The topological polar surface area (TPSA) is 62.2 Å². The Morgan fingerprint density at radius 2 is 1.34 bits per heavy atom. The smallest absolute Gasteiger partial charge is 0.229 e. The van der Waals surface area contributed by atoms with Crippen LogP contribution in [0, 0.1) is 5.92 Å². The van der Waals surface area contributed by atoms with E-state index in [1.807, 2.05) is 54.6 Å². The third-order valence-electron chi connectivity index (χ3n) is 5.85. The number of carbonyl (C=O) groups excluding carboxylic acids is 1. The summed E-state index contributed by atoms with van der Waals surface area (Å²) in [5.74, 6) is -0.678. The van der Waals surface area contributed by atoms with E-state index < -0.39 is 16.8 Å². The third-order valence-corrected chi connectivity index (χ3v) is 8.39. The molecule has 5 rings (SSSR count). The second-order valence-corrected chi connectivity index (χ2v) is 9.93. The van der Waals surface area contributed by atoms with Gasteiger partial charge in [-0.2, -0.15) is 0 Å². The van der Waals surface area contributed by atoms with E-state index >= 15 is 0 Å². The van der Waals surface area contributed by atoms with Crippen molar-refractivity contribution in [2.45, 2.75) is 16.2 Å². The highest BCUT2D eigenvalue weighted by molar-refractivity contribution is 8.01. The number of hydrogen-bond donors (Lipinski definition) is 2. The number of aliphatic hydroxyl groups excluding tert-OH is 1. The Hall–Kier alpha value is -2.93. The van der Waals surface area contributed by atoms with Gasteiger partial charge in [0.1, 0.15) is 6.10 Å². The van der Waals surface area contributed by atoms with E-state index in [0.29, 0.717) is 4.88 Å². The molecule has 0 radical (unpaired) electrons. The van der Waals surface area contributed by atoms with Crippen LogP contribution in [-0.4, -0.2) is 20.8 Å². The summed E-state index contributed by atoms with van der Waals surface area (Å²) in [7, 11) is 0. The average Bonchev–Trinajstić information content (AvgIpc) is 3.39. The van der Waals surface area contributed by atoms with Gasteiger partial charge < -0.3 is 10.4 Å². The summed E-state index contributed by atoms with van der Waals surface area (Å²) in [6.07, 6.45) is 0.776. The summed E-state index contributed by atoms with van der Waals surface area (Å²) in [5.41, 5.74) is 3.36. The number of rotatable bonds is 7. The summed E-state index contributed by atoms with van der Waals surface area (Å²) >= 11 is 2.90. The SMILES string of the molecule is O=C1NC(SC(c2ccccc2)(c2ccccc2)c2ccccc2)C1C(O)c1ccns1. The number of amides is 1. The maximum atomic E-state index is 12.6. The third kappa shape index (κ3) is 3.64. The minimum Gasteiger partial charge on any atom is -0.387 e. The monoisotopic (exact) mass is 458 g/mol. The minimum atomic E-state index is -0.881. The molecule has 32 heavy (non-hydrogen) atoms. The molecule has 0 aliphatic carbocycles. The molecule has 2 N–H and O–H groups in total. The van der Waals surface area contributed by atoms with Crippen LogP contribution in [-0.2, 0) is 9.54 Å². The Bertz CT molecular complexity index is 1070. The number of hydrogen-bond acceptors (Lipinski definition) is 5. The lowest BCUT2D eigenvalue weighted by molar-refractivity contribution is -0.137. The Kier molecular flexibility index (Phi) is 5.83. The fourth-order valence-corrected chi connectivity index (χ4v) is 6.66. The summed E-state index contributed by atoms with van der Waals surface area (Å²) in [6.45, 7) is 0. The Morgan fingerprint density at radius 1 is 0.844 bits per heavy atom. The summed E-state index contributed by atoms with van der Waals surface area (Å²) < 4.78 is 3.53. The molecule has 1 aliphatic rings. The van der Waals surface area contributed by atoms with Crippen LogP contribution in [0.25, 0.3) is 0 Å². The van der Waals surface area contributed by atoms with Gasteiger partial charge in [-0.3, -0.25) is 4.79 Å². The van der Waals surface area contributed by atoms with Crippen molar-refractivity contribution < 1.29 is 9.90 Å². The summed E-state index contributed by atoms with van der Waals surface area (Å²) in [6, 6.07) is 32.8. The predicted octanol–water partition coefficient (Wildman–Crippen LogP) is 4.97. The maximum Gasteiger partial charge on any atom is 0.229 e. The molecule has 0 spiro atoms. The van der Waals surface area contributed by atoms with Crippen LogP contribution in [0.4, 0.5) is 0 Å². The first-order chi connectivity index (χ1) is 15.7. The lowest BCUT2D eigenvalue weighted by Crippen LogP contribution is -2.59. The highest BCUT2D eigenvalue weighted by atomic mass is 32.2. The fourth-order valence-electron chi connectivity index (χ4n) is 4.25. The van der Waals surface area contributed by atoms with Crippen LogP contribution in [0.2, 0.25) is 0 Å². The van der Waals surface area contributed by atoms with Gasteiger partial charge in [-0.25, -0.2) is 4.37 Å². The first-order valence-electron chi connectivity index (χ1n) is 10.4. The molecule has 6 heteroatoms. The van der Waals surface area contributed by atoms with Gasteiger partial charge in [0.05, 0.1) is 20.9 Å². The molecule has 4 aromatic rings. The lowest BCUT2D eigenvalue weighted by Gasteiger charge is -2.45. The zero-order chi connectivity index (χ0) is 22.0. The number of β-lactam (4-membered cyclic amide) rings is 1. The van der Waals surface area contributed by atoms with Gasteiger partial charge in [-0.05, 0) is 34.3 Å². The number of carbonyl (C=O) groups is 1. The van der Waals surface area contributed by atoms with Crippen molar-refractivity contribution >= 4 is 29.2 Å². The number of aliphatic hydroxyl groups is 1. The molecule has 160 valence electrons. The van der Waals surface area contributed by atoms with Crippen LogP contribution < -0.4 is 5.32 Å². The minimum absolute atomic E-state index is 0.133. The molecule has 4 nitrogen and oxygen atoms in total. The Balaban J connectivity index is 1.63. The van der Waals surface area contributed by atoms with Gasteiger partial charge in [0, 0.05) is 6.20 Å². The van der Waals surface area contributed by atoms with Crippen molar-refractivity contribution in [3.63, 3.8) is 0 Å². The standard InChI is InChI=1S/C26H22N2O2S2/c29-23(21-16-17-27-32-21)22-24(30)28-25(22)31-26(18-10-4-1-5-11-18,19-12-6-2-7-13-19)20-14-8-3-9-15-20/h1-17,22-23,25,29H,(H,28,30). The lowest BCUT2D eigenvalue weighted by atomic mass is 9.84. The molecule has 2 heterocycles. The molecular weight excluding hydrogens is 436 g/mol. The van der Waals surface area contributed by atoms with Gasteiger partial charge in [-0.15, -0.1) is 11.8 Å². The number of nitrogens with zero attached hydrogens (tertiary/aromatic N) is 1. The van der Waals surface area contributed by atoms with E-state index in [0.717, 1.165) is 16.7 Å². The molecule has 1 saturated heterocycles. The Labute approximate surface area is 195 Å². The molecule has 3 aromatic carbocycles. The van der Waals surface area contributed by atoms with Crippen LogP contribution in [0.3, 0.4) is 0 Å². The van der Waals surface area contributed by atoms with Crippen molar-refractivity contribution in [1.82, 2.24) is 9.69 Å². The molecule has 0 bridgehead atoms. The summed E-state index contributed by atoms with van der Waals surface area (Å²) in [4.78, 5) is 13.3. The molecule has 1 aromatic heterocycles. The van der Waals surface area contributed by atoms with E-state index in [-0.39, 0.29) is 11.3 Å². The van der Waals surface area contributed by atoms with Crippen molar-refractivity contribution in [3.8, 4) is 0 Å². The van der Waals surface area contributed by atoms with E-state index in [1.54, 1.807) is 24.0 Å². The molecule has 1 fully saturated rings. The molecule has 1 amide bonds. The number of benzene rings is 3. The highest BCUT2D eigenvalue weighted by Gasteiger charge is 2.51.